The number of fused-ring (bicyclic) bond motifs is 1. The zero-order chi connectivity index (χ0) is 21.0. The van der Waals surface area contributed by atoms with Gasteiger partial charge in [0, 0.05) is 43.9 Å². The first kappa shape index (κ1) is 19.9. The summed E-state index contributed by atoms with van der Waals surface area (Å²) in [5.74, 6) is 1.37. The molecular formula is C25H28N4O2. The number of hydrogen-bond acceptors (Lipinski definition) is 5. The van der Waals surface area contributed by atoms with E-state index in [0.717, 1.165) is 54.7 Å². The van der Waals surface area contributed by atoms with E-state index in [1.165, 1.54) is 19.3 Å². The minimum atomic E-state index is -0.0390. The topological polar surface area (TPSA) is 71.1 Å². The van der Waals surface area contributed by atoms with Gasteiger partial charge in [-0.05, 0) is 31.2 Å². The molecule has 1 fully saturated rings. The number of pyridine rings is 1. The van der Waals surface area contributed by atoms with Crippen molar-refractivity contribution < 1.29 is 4.74 Å². The van der Waals surface area contributed by atoms with Gasteiger partial charge in [-0.25, -0.2) is 9.97 Å². The van der Waals surface area contributed by atoms with E-state index in [2.05, 4.69) is 20.9 Å². The predicted molar refractivity (Wildman–Crippen MR) is 120 cm³/mol. The molecule has 0 atom stereocenters. The number of hydrogen-bond donors (Lipinski definition) is 1. The van der Waals surface area contributed by atoms with Crippen LogP contribution in [-0.2, 0) is 19.5 Å². The molecular weight excluding hydrogens is 388 g/mol. The Labute approximate surface area is 182 Å². The van der Waals surface area contributed by atoms with Gasteiger partial charge in [-0.15, -0.1) is 0 Å². The summed E-state index contributed by atoms with van der Waals surface area (Å²) in [4.78, 5) is 27.2. The molecule has 6 heteroatoms. The second kappa shape index (κ2) is 9.02. The van der Waals surface area contributed by atoms with E-state index in [1.54, 1.807) is 0 Å². The number of nitrogens with one attached hydrogen (secondary N) is 1. The molecule has 1 aliphatic carbocycles. The highest BCUT2D eigenvalue weighted by atomic mass is 16.5. The first-order valence-electron chi connectivity index (χ1n) is 11.3. The standard InChI is InChI=1S/C25H28N4O2/c30-25-21-17-29(14-13-22(21)27-24(28-25)19-7-3-1-4-8-19)16-18-11-12-23(26-15-18)31-20-9-5-2-6-10-20/h1,3-4,7-8,11-12,15,20H,2,5-6,9-10,13-14,16-17H2,(H,27,28,30). The molecule has 2 aromatic heterocycles. The van der Waals surface area contributed by atoms with Crippen LogP contribution in [0.25, 0.3) is 11.4 Å². The Bertz CT molecular complexity index is 1070. The number of rotatable bonds is 5. The SMILES string of the molecule is O=c1[nH]c(-c2ccccc2)nc2c1CN(Cc1ccc(OC3CCCCC3)nc1)CC2. The molecule has 160 valence electrons. The van der Waals surface area contributed by atoms with Gasteiger partial charge in [0.2, 0.25) is 5.88 Å². The molecule has 1 aromatic carbocycles. The smallest absolute Gasteiger partial charge is 0.255 e. The molecule has 0 amide bonds. The van der Waals surface area contributed by atoms with Gasteiger partial charge in [-0.3, -0.25) is 9.69 Å². The summed E-state index contributed by atoms with van der Waals surface area (Å²) >= 11 is 0. The summed E-state index contributed by atoms with van der Waals surface area (Å²) in [7, 11) is 0. The van der Waals surface area contributed by atoms with Gasteiger partial charge >= 0.3 is 0 Å². The third kappa shape index (κ3) is 4.69. The van der Waals surface area contributed by atoms with Crippen molar-refractivity contribution in [3.63, 3.8) is 0 Å². The number of H-pyrrole nitrogens is 1. The van der Waals surface area contributed by atoms with Crippen molar-refractivity contribution >= 4 is 0 Å². The maximum atomic E-state index is 12.7. The Morgan fingerprint density at radius 2 is 1.90 bits per heavy atom. The second-order valence-corrected chi connectivity index (χ2v) is 8.55. The number of aromatic amines is 1. The van der Waals surface area contributed by atoms with Crippen molar-refractivity contribution in [1.29, 1.82) is 0 Å². The number of benzene rings is 1. The lowest BCUT2D eigenvalue weighted by Gasteiger charge is -2.27. The van der Waals surface area contributed by atoms with E-state index in [-0.39, 0.29) is 5.56 Å². The third-order valence-corrected chi connectivity index (χ3v) is 6.24. The summed E-state index contributed by atoms with van der Waals surface area (Å²) in [5.41, 5.74) is 3.71. The highest BCUT2D eigenvalue weighted by molar-refractivity contribution is 5.54. The minimum absolute atomic E-state index is 0.0390. The van der Waals surface area contributed by atoms with E-state index < -0.39 is 0 Å². The van der Waals surface area contributed by atoms with E-state index in [9.17, 15) is 4.79 Å². The molecule has 1 aliphatic heterocycles. The van der Waals surface area contributed by atoms with Crippen molar-refractivity contribution in [3.8, 4) is 17.3 Å². The largest absolute Gasteiger partial charge is 0.474 e. The van der Waals surface area contributed by atoms with Gasteiger partial charge in [-0.2, -0.15) is 0 Å². The van der Waals surface area contributed by atoms with Crippen molar-refractivity contribution in [2.75, 3.05) is 6.54 Å². The Kier molecular flexibility index (Phi) is 5.80. The lowest BCUT2D eigenvalue weighted by atomic mass is 9.98. The lowest BCUT2D eigenvalue weighted by molar-refractivity contribution is 0.148. The first-order valence-corrected chi connectivity index (χ1v) is 11.3. The zero-order valence-electron chi connectivity index (χ0n) is 17.7. The quantitative estimate of drug-likeness (QED) is 0.678. The van der Waals surface area contributed by atoms with E-state index >= 15 is 0 Å². The number of aromatic nitrogens is 3. The van der Waals surface area contributed by atoms with Crippen LogP contribution >= 0.6 is 0 Å². The second-order valence-electron chi connectivity index (χ2n) is 8.55. The summed E-state index contributed by atoms with van der Waals surface area (Å²) in [6, 6.07) is 13.9. The van der Waals surface area contributed by atoms with Gasteiger partial charge in [0.25, 0.3) is 5.56 Å². The zero-order valence-corrected chi connectivity index (χ0v) is 17.7. The predicted octanol–water partition coefficient (Wildman–Crippen LogP) is 4.10. The normalized spacial score (nSPS) is 17.3. The molecule has 6 nitrogen and oxygen atoms in total. The summed E-state index contributed by atoms with van der Waals surface area (Å²) in [6.07, 6.45) is 9.06. The van der Waals surface area contributed by atoms with Crippen LogP contribution in [0.3, 0.4) is 0 Å². The molecule has 31 heavy (non-hydrogen) atoms. The Hall–Kier alpha value is -2.99. The molecule has 0 spiro atoms. The fraction of sp³-hybridized carbons (Fsp3) is 0.400. The number of ether oxygens (including phenoxy) is 1. The maximum absolute atomic E-state index is 12.7. The van der Waals surface area contributed by atoms with Crippen molar-refractivity contribution in [2.24, 2.45) is 0 Å². The summed E-state index contributed by atoms with van der Waals surface area (Å²) < 4.78 is 6.03. The van der Waals surface area contributed by atoms with E-state index in [0.29, 0.717) is 24.4 Å². The van der Waals surface area contributed by atoms with E-state index in [4.69, 9.17) is 9.72 Å². The number of nitrogens with zero attached hydrogens (tertiary/aromatic N) is 3. The van der Waals surface area contributed by atoms with Gasteiger partial charge in [-0.1, -0.05) is 42.8 Å². The molecule has 3 aromatic rings. The summed E-state index contributed by atoms with van der Waals surface area (Å²) in [5, 5.41) is 0. The fourth-order valence-electron chi connectivity index (χ4n) is 4.53. The van der Waals surface area contributed by atoms with Crippen LogP contribution in [0.15, 0.2) is 53.5 Å². The van der Waals surface area contributed by atoms with Crippen LogP contribution in [0, 0.1) is 0 Å². The third-order valence-electron chi connectivity index (χ3n) is 6.24. The Morgan fingerprint density at radius 3 is 2.68 bits per heavy atom. The monoisotopic (exact) mass is 416 g/mol. The fourth-order valence-corrected chi connectivity index (χ4v) is 4.53. The van der Waals surface area contributed by atoms with Crippen LogP contribution in [0.1, 0.15) is 48.9 Å². The van der Waals surface area contributed by atoms with Crippen LogP contribution < -0.4 is 10.3 Å². The highest BCUT2D eigenvalue weighted by Gasteiger charge is 2.22. The maximum Gasteiger partial charge on any atom is 0.255 e. The molecule has 0 unspecified atom stereocenters. The average molecular weight is 417 g/mol. The van der Waals surface area contributed by atoms with E-state index in [1.807, 2.05) is 42.6 Å². The van der Waals surface area contributed by atoms with Gasteiger partial charge in [0.15, 0.2) is 0 Å². The first-order chi connectivity index (χ1) is 15.2. The van der Waals surface area contributed by atoms with Crippen LogP contribution in [-0.4, -0.2) is 32.5 Å². The molecule has 2 aliphatic rings. The summed E-state index contributed by atoms with van der Waals surface area (Å²) in [6.45, 7) is 2.24. The minimum Gasteiger partial charge on any atom is -0.474 e. The molecule has 3 heterocycles. The molecule has 0 radical (unpaired) electrons. The molecule has 5 rings (SSSR count). The van der Waals surface area contributed by atoms with Gasteiger partial charge in [0.05, 0.1) is 11.3 Å². The van der Waals surface area contributed by atoms with Crippen molar-refractivity contribution in [3.05, 3.63) is 75.8 Å². The average Bonchev–Trinajstić information content (AvgIpc) is 2.82. The van der Waals surface area contributed by atoms with Crippen LogP contribution in [0.2, 0.25) is 0 Å². The molecule has 1 saturated carbocycles. The molecule has 0 bridgehead atoms. The Balaban J connectivity index is 1.24. The van der Waals surface area contributed by atoms with Gasteiger partial charge < -0.3 is 9.72 Å². The highest BCUT2D eigenvalue weighted by Crippen LogP contribution is 2.23. The molecule has 1 N–H and O–H groups in total. The lowest BCUT2D eigenvalue weighted by Crippen LogP contribution is -2.35. The van der Waals surface area contributed by atoms with Gasteiger partial charge in [0.1, 0.15) is 11.9 Å². The van der Waals surface area contributed by atoms with Crippen LogP contribution in [0.4, 0.5) is 0 Å². The van der Waals surface area contributed by atoms with Crippen molar-refractivity contribution in [2.45, 2.75) is 57.7 Å². The van der Waals surface area contributed by atoms with Crippen molar-refractivity contribution in [1.82, 2.24) is 19.9 Å². The molecule has 0 saturated heterocycles. The Morgan fingerprint density at radius 1 is 1.06 bits per heavy atom. The van der Waals surface area contributed by atoms with Crippen LogP contribution in [0.5, 0.6) is 5.88 Å².